The van der Waals surface area contributed by atoms with E-state index < -0.39 is 24.6 Å². The van der Waals surface area contributed by atoms with Crippen LogP contribution in [0.1, 0.15) is 495 Å². The molecule has 0 amide bonds. The van der Waals surface area contributed by atoms with E-state index in [0.717, 1.165) is 134 Å². The van der Waals surface area contributed by atoms with Crippen molar-refractivity contribution in [2.24, 2.45) is 0 Å². The second kappa shape index (κ2) is 41.1. The summed E-state index contributed by atoms with van der Waals surface area (Å²) < 4.78 is 6.86. The van der Waals surface area contributed by atoms with Gasteiger partial charge in [-0.2, -0.15) is 0 Å². The van der Waals surface area contributed by atoms with Gasteiger partial charge < -0.3 is 0 Å². The fourth-order valence-corrected chi connectivity index (χ4v) is 33.7. The van der Waals surface area contributed by atoms with E-state index in [0.29, 0.717) is 0 Å². The summed E-state index contributed by atoms with van der Waals surface area (Å²) in [5.41, 5.74) is 73.1. The third kappa shape index (κ3) is 19.2. The van der Waals surface area contributed by atoms with Crippen LogP contribution in [-0.4, -0.2) is 10.1 Å². The van der Waals surface area contributed by atoms with E-state index in [4.69, 9.17) is 4.74 Å². The van der Waals surface area contributed by atoms with Crippen LogP contribution in [0.15, 0.2) is 157 Å². The standard InChI is InChI=1S/C126H144.C7H11O2.C4H9.Hg/c1-67-43-68(2)104-55-103(67)91-31-25-32-93-105-56-107(71(5)44-69(105)3)96-37-28-38-99-112-59-110(74(8)47-76(112)10)98(120-63-119(93)83(17)51-84(120)18)39-29-40-101-113-60-114(78(12)48-77(113)11)102(126-66-125(99)89(23)54-90(126)24)42-30-41-100-111-58-109(73(7)46-75(111)9)97(123-65-124(101)88(22)53-87(123)21)36-27-35-94(116-61-115(91)79(13)49-80(116)14)106-57-108(72(6)45-70(106)4)95(121-64-122(100)86(20)52-85(121)19)34-26-33-92(104)117-62-118(96)82(16)50-81(117)15;1-5(2)6(3)7(8)9-4;1-3-4-2;/h43-66,91-102H,25-42H2,1-24H3;4H2,1-3H3;3H,4H2,1-2H3;/t91-,92?,93+,94+,95?,96?,97-,98-,99?,100?,101+,102?;;;. The zero-order valence-electron chi connectivity index (χ0n) is 91.5. The van der Waals surface area contributed by atoms with Crippen molar-refractivity contribution < 1.29 is 34.1 Å². The van der Waals surface area contributed by atoms with E-state index in [2.05, 4.69) is 326 Å². The number of hydrogen-bond donors (Lipinski definition) is 0. The van der Waals surface area contributed by atoms with Crippen LogP contribution >= 0.6 is 0 Å². The molecule has 140 heavy (non-hydrogen) atoms. The third-order valence-corrected chi connectivity index (χ3v) is 45.2. The van der Waals surface area contributed by atoms with Crippen LogP contribution < -0.4 is 0 Å². The first kappa shape index (κ1) is 101. The maximum atomic E-state index is 11.4. The Morgan fingerprint density at radius 2 is 0.321 bits per heavy atom. The van der Waals surface area contributed by atoms with Crippen LogP contribution in [-0.2, 0) is 34.1 Å². The summed E-state index contributed by atoms with van der Waals surface area (Å²) in [7, 11) is 0. The molecule has 7 aliphatic carbocycles. The Bertz CT molecular complexity index is 5580. The van der Waals surface area contributed by atoms with Crippen LogP contribution in [0.2, 0.25) is 3.43 Å². The second-order valence-electron chi connectivity index (χ2n) is 47.1. The van der Waals surface area contributed by atoms with Crippen molar-refractivity contribution in [3.63, 3.8) is 0 Å². The smallest absolute Gasteiger partial charge is 0.00948 e. The molecule has 12 aromatic carbocycles. The van der Waals surface area contributed by atoms with E-state index in [9.17, 15) is 4.79 Å². The van der Waals surface area contributed by atoms with Gasteiger partial charge in [0.25, 0.3) is 0 Å². The minimum absolute atomic E-state index is 0.117. The fourth-order valence-electron chi connectivity index (χ4n) is 29.4. The molecule has 7 aliphatic rings. The molecule has 0 radical (unpaired) electrons. The van der Waals surface area contributed by atoms with E-state index >= 15 is 0 Å². The molecule has 0 saturated heterocycles. The molecule has 12 aromatic rings. The molecular weight excluding hydrogens is 1880 g/mol. The van der Waals surface area contributed by atoms with E-state index in [1.165, 1.54) is 273 Å². The molecule has 3 heteroatoms. The quantitative estimate of drug-likeness (QED) is 0.0975. The number of allylic oxidation sites excluding steroid dienone is 1. The predicted molar refractivity (Wildman–Crippen MR) is 591 cm³/mol. The topological polar surface area (TPSA) is 26.3 Å². The van der Waals surface area contributed by atoms with Gasteiger partial charge in [0, 0.05) is 71.0 Å². The molecule has 0 aromatic heterocycles. The number of hydrogen-bond acceptors (Lipinski definition) is 2. The molecule has 0 saturated carbocycles. The normalized spacial score (nSPS) is 21.6. The summed E-state index contributed by atoms with van der Waals surface area (Å²) in [6.45, 7) is 70.3. The predicted octanol–water partition coefficient (Wildman–Crippen LogP) is 37.2. The number of aryl methyl sites for hydroxylation is 24. The van der Waals surface area contributed by atoms with Crippen molar-refractivity contribution in [1.82, 2.24) is 0 Å². The van der Waals surface area contributed by atoms with Gasteiger partial charge in [0.05, 0.1) is 0 Å². The number of rotatable bonds is 5. The summed E-state index contributed by atoms with van der Waals surface area (Å²) >= 11 is -0.941. The Hall–Kier alpha value is -9.21. The fraction of sp³-hybridized carbons (Fsp3) is 0.453. The number of benzene rings is 12. The zero-order chi connectivity index (χ0) is 99.5. The second-order valence-corrected chi connectivity index (χ2v) is 56.3. The summed E-state index contributed by atoms with van der Waals surface area (Å²) in [5, 5.41) is 0. The number of ether oxygens (including phenoxy) is 1. The van der Waals surface area contributed by atoms with Crippen LogP contribution in [0.4, 0.5) is 0 Å². The van der Waals surface area contributed by atoms with Crippen molar-refractivity contribution in [2.45, 2.75) is 397 Å². The molecule has 0 heterocycles. The van der Waals surface area contributed by atoms with Crippen molar-refractivity contribution in [3.8, 4) is 0 Å². The number of carbonyl (C=O) groups excluding carboxylic acids is 1. The van der Waals surface area contributed by atoms with Gasteiger partial charge in [-0.25, -0.2) is 0 Å². The largest absolute Gasteiger partial charge is 0.0558 e. The van der Waals surface area contributed by atoms with Gasteiger partial charge in [-0.05, 0) is 510 Å². The summed E-state index contributed by atoms with van der Waals surface area (Å²) in [6, 6.07) is 66.5. The molecule has 0 aliphatic heterocycles. The molecule has 726 valence electrons. The van der Waals surface area contributed by atoms with Crippen LogP contribution in [0.5, 0.6) is 0 Å². The maximum Gasteiger partial charge on any atom is 0.00948 e. The van der Waals surface area contributed by atoms with E-state index in [1.807, 2.05) is 20.8 Å². The first-order valence-corrected chi connectivity index (χ1v) is 62.0. The van der Waals surface area contributed by atoms with E-state index in [1.54, 1.807) is 0 Å². The van der Waals surface area contributed by atoms with Gasteiger partial charge in [0.2, 0.25) is 0 Å². The Kier molecular flexibility index (Phi) is 29.6. The van der Waals surface area contributed by atoms with Gasteiger partial charge in [0.15, 0.2) is 0 Å². The Balaban J connectivity index is 0.000000858. The van der Waals surface area contributed by atoms with Crippen LogP contribution in [0.3, 0.4) is 0 Å². The molecule has 19 rings (SSSR count). The number of carbonyl (C=O) groups is 1. The minimum Gasteiger partial charge on any atom is -0.0558 e. The molecule has 0 N–H and O–H groups in total. The van der Waals surface area contributed by atoms with Crippen LogP contribution in [0, 0.1) is 166 Å². The molecule has 36 bridgehead atoms. The SMILES string of the molecule is CC[CH](C)[Hg][CH2]OC(=O)C(C)=C(C)C.Cc1cc(C)c2cc1C1CCCC3c4cc(c(C)cc4C)C4CCCC5c6cc(c(C)cc6C)C6CCCC2c2cc(c(C)cc2C)[C@H]2CCC[C@@H](c7cc1c(C)cc7C)c1cc(c(C)cc1C)[C@H](CCC[C@@H](c1cc4c(C)cc1C)c1cc(c(C)cc1C)[C@H](CCC[C@@H](c1cc6c(C)cc1C)c1cc2c(C)cc1C)c1cc5c(C)cc1C)c1cc3c(C)cc1C. The first-order chi connectivity index (χ1) is 66.8. The van der Waals surface area contributed by atoms with Crippen molar-refractivity contribution in [3.05, 3.63) is 424 Å². The van der Waals surface area contributed by atoms with Crippen LogP contribution in [0.25, 0.3) is 0 Å². The average Bonchev–Trinajstić information content (AvgIpc) is 0.752. The summed E-state index contributed by atoms with van der Waals surface area (Å²) in [5.74, 6) is 1.78. The Morgan fingerprint density at radius 3 is 0.414 bits per heavy atom. The summed E-state index contributed by atoms with van der Waals surface area (Å²) in [6.07, 6.45) is 20.3. The molecule has 1 unspecified atom stereocenters. The van der Waals surface area contributed by atoms with E-state index in [-0.39, 0.29) is 77.0 Å². The Morgan fingerprint density at radius 1 is 0.214 bits per heavy atom. The molecule has 0 spiro atoms. The van der Waals surface area contributed by atoms with Gasteiger partial charge >= 0.3 is 99.8 Å². The minimum atomic E-state index is -0.941. The van der Waals surface area contributed by atoms with Gasteiger partial charge in [0.1, 0.15) is 0 Å². The molecular formula is C137H164HgO2. The monoisotopic (exact) mass is 2040 g/mol. The van der Waals surface area contributed by atoms with Crippen molar-refractivity contribution >= 4 is 5.97 Å². The third-order valence-electron chi connectivity index (χ3n) is 37.4. The summed E-state index contributed by atoms with van der Waals surface area (Å²) in [4.78, 5) is 11.4. The Labute approximate surface area is 858 Å². The average molecular weight is 2040 g/mol. The molecule has 1 atom stereocenters. The van der Waals surface area contributed by atoms with Gasteiger partial charge in [-0.1, -0.05) is 184 Å². The first-order valence-electron chi connectivity index (χ1n) is 55.0. The van der Waals surface area contributed by atoms with Gasteiger partial charge in [-0.3, -0.25) is 0 Å². The number of esters is 1. The number of fused-ring (bicyclic) bond motifs is 24. The molecule has 0 fully saturated rings. The van der Waals surface area contributed by atoms with Crippen molar-refractivity contribution in [2.75, 3.05) is 4.12 Å². The van der Waals surface area contributed by atoms with Crippen molar-refractivity contribution in [1.29, 1.82) is 0 Å². The van der Waals surface area contributed by atoms with Gasteiger partial charge in [-0.15, -0.1) is 0 Å². The molecule has 2 nitrogen and oxygen atoms in total. The maximum absolute atomic E-state index is 11.4. The zero-order valence-corrected chi connectivity index (χ0v) is 97.0.